The van der Waals surface area contributed by atoms with E-state index in [0.29, 0.717) is 22.7 Å². The van der Waals surface area contributed by atoms with E-state index in [1.165, 1.54) is 11.8 Å². The molecule has 0 unspecified atom stereocenters. The molecule has 2 rings (SSSR count). The van der Waals surface area contributed by atoms with Gasteiger partial charge in [0.25, 0.3) is 5.91 Å². The van der Waals surface area contributed by atoms with Crippen molar-refractivity contribution in [1.82, 2.24) is 5.16 Å². The number of amides is 2. The van der Waals surface area contributed by atoms with Gasteiger partial charge >= 0.3 is 0 Å². The van der Waals surface area contributed by atoms with Crippen molar-refractivity contribution in [2.24, 2.45) is 5.73 Å². The molecule has 0 saturated heterocycles. The van der Waals surface area contributed by atoms with E-state index < -0.39 is 5.91 Å². The first-order valence-electron chi connectivity index (χ1n) is 6.23. The second-order valence-electron chi connectivity index (χ2n) is 4.40. The van der Waals surface area contributed by atoms with Gasteiger partial charge in [0.05, 0.1) is 17.1 Å². The molecule has 0 radical (unpaired) electrons. The lowest BCUT2D eigenvalue weighted by Crippen LogP contribution is -2.15. The molecule has 6 nitrogen and oxygen atoms in total. The summed E-state index contributed by atoms with van der Waals surface area (Å²) >= 11 is 1.27. The van der Waals surface area contributed by atoms with Crippen molar-refractivity contribution in [2.45, 2.75) is 18.7 Å². The van der Waals surface area contributed by atoms with Gasteiger partial charge in [-0.15, -0.1) is 11.8 Å². The molecule has 110 valence electrons. The highest BCUT2D eigenvalue weighted by atomic mass is 32.2. The number of hydrogen-bond acceptors (Lipinski definition) is 5. The fourth-order valence-electron chi connectivity index (χ4n) is 1.84. The third kappa shape index (κ3) is 3.63. The number of aromatic nitrogens is 1. The lowest BCUT2D eigenvalue weighted by Gasteiger charge is -2.09. The number of para-hydroxylation sites is 1. The van der Waals surface area contributed by atoms with E-state index in [9.17, 15) is 9.59 Å². The monoisotopic (exact) mass is 305 g/mol. The van der Waals surface area contributed by atoms with Gasteiger partial charge in [-0.3, -0.25) is 9.59 Å². The summed E-state index contributed by atoms with van der Waals surface area (Å²) in [6.45, 7) is 3.39. The Morgan fingerprint density at radius 3 is 2.67 bits per heavy atom. The topological polar surface area (TPSA) is 98.2 Å². The molecule has 0 bridgehead atoms. The second kappa shape index (κ2) is 6.45. The maximum absolute atomic E-state index is 12.3. The van der Waals surface area contributed by atoms with Crippen LogP contribution in [0.2, 0.25) is 0 Å². The Morgan fingerprint density at radius 2 is 2.05 bits per heavy atom. The van der Waals surface area contributed by atoms with E-state index in [1.807, 2.05) is 12.1 Å². The first-order valence-corrected chi connectivity index (χ1v) is 7.22. The lowest BCUT2D eigenvalue weighted by molar-refractivity contribution is -0.115. The molecule has 0 saturated carbocycles. The Labute approximate surface area is 126 Å². The molecule has 0 aliphatic carbocycles. The van der Waals surface area contributed by atoms with Crippen LogP contribution in [0.5, 0.6) is 0 Å². The number of benzene rings is 1. The van der Waals surface area contributed by atoms with E-state index in [2.05, 4.69) is 10.5 Å². The number of aryl methyl sites for hydroxylation is 2. The molecule has 2 amide bonds. The Bertz CT molecular complexity index is 662. The van der Waals surface area contributed by atoms with E-state index >= 15 is 0 Å². The van der Waals surface area contributed by atoms with Crippen LogP contribution < -0.4 is 11.1 Å². The molecule has 1 aromatic heterocycles. The predicted octanol–water partition coefficient (Wildman–Crippen LogP) is 2.12. The van der Waals surface area contributed by atoms with Crippen LogP contribution in [0, 0.1) is 13.8 Å². The van der Waals surface area contributed by atoms with Crippen LogP contribution >= 0.6 is 11.8 Å². The predicted molar refractivity (Wildman–Crippen MR) is 80.3 cm³/mol. The van der Waals surface area contributed by atoms with E-state index in [4.69, 9.17) is 10.3 Å². The van der Waals surface area contributed by atoms with Gasteiger partial charge in [0.15, 0.2) is 0 Å². The molecular weight excluding hydrogens is 290 g/mol. The Kier molecular flexibility index (Phi) is 4.64. The highest BCUT2D eigenvalue weighted by Gasteiger charge is 2.18. The standard InChI is InChI=1S/C14H15N3O3S/c1-8-13(9(2)20-17-8)14(19)16-10-5-3-4-6-11(10)21-7-12(15)18/h3-6H,7H2,1-2H3,(H2,15,18)(H,16,19). The molecule has 0 fully saturated rings. The fourth-order valence-corrected chi connectivity index (χ4v) is 2.58. The molecule has 2 aromatic rings. The molecule has 0 aliphatic heterocycles. The molecular formula is C14H15N3O3S. The first kappa shape index (κ1) is 15.1. The summed E-state index contributed by atoms with van der Waals surface area (Å²) in [6, 6.07) is 7.21. The summed E-state index contributed by atoms with van der Waals surface area (Å²) in [5.41, 5.74) is 6.72. The van der Waals surface area contributed by atoms with Crippen LogP contribution in [0.1, 0.15) is 21.8 Å². The molecule has 7 heteroatoms. The number of nitrogens with one attached hydrogen (secondary N) is 1. The number of anilines is 1. The Morgan fingerprint density at radius 1 is 1.33 bits per heavy atom. The third-order valence-electron chi connectivity index (χ3n) is 2.77. The second-order valence-corrected chi connectivity index (χ2v) is 5.42. The largest absolute Gasteiger partial charge is 0.369 e. The Hall–Kier alpha value is -2.28. The van der Waals surface area contributed by atoms with Crippen molar-refractivity contribution in [2.75, 3.05) is 11.1 Å². The summed E-state index contributed by atoms with van der Waals surface area (Å²) in [4.78, 5) is 23.9. The van der Waals surface area contributed by atoms with Gasteiger partial charge in [0.2, 0.25) is 5.91 Å². The van der Waals surface area contributed by atoms with Crippen LogP contribution in [0.4, 0.5) is 5.69 Å². The summed E-state index contributed by atoms with van der Waals surface area (Å²) in [5.74, 6) is -0.0874. The van der Waals surface area contributed by atoms with Gasteiger partial charge in [0, 0.05) is 4.90 Å². The van der Waals surface area contributed by atoms with Crippen LogP contribution in [0.3, 0.4) is 0 Å². The van der Waals surface area contributed by atoms with Crippen molar-refractivity contribution in [3.63, 3.8) is 0 Å². The van der Waals surface area contributed by atoms with Gasteiger partial charge in [-0.25, -0.2) is 0 Å². The summed E-state index contributed by atoms with van der Waals surface area (Å²) < 4.78 is 4.99. The highest BCUT2D eigenvalue weighted by Crippen LogP contribution is 2.27. The zero-order valence-corrected chi connectivity index (χ0v) is 12.5. The summed E-state index contributed by atoms with van der Waals surface area (Å²) in [5, 5.41) is 6.57. The third-order valence-corrected chi connectivity index (χ3v) is 3.86. The van der Waals surface area contributed by atoms with Crippen molar-refractivity contribution in [3.8, 4) is 0 Å². The van der Waals surface area contributed by atoms with Crippen molar-refractivity contribution in [1.29, 1.82) is 0 Å². The molecule has 21 heavy (non-hydrogen) atoms. The van der Waals surface area contributed by atoms with Crippen molar-refractivity contribution in [3.05, 3.63) is 41.3 Å². The zero-order valence-electron chi connectivity index (χ0n) is 11.7. The quantitative estimate of drug-likeness (QED) is 0.824. The van der Waals surface area contributed by atoms with E-state index in [-0.39, 0.29) is 11.7 Å². The number of rotatable bonds is 5. The molecule has 0 spiro atoms. The molecule has 1 aromatic carbocycles. The smallest absolute Gasteiger partial charge is 0.261 e. The maximum atomic E-state index is 12.3. The first-order chi connectivity index (χ1) is 9.99. The van der Waals surface area contributed by atoms with Gasteiger partial charge in [-0.1, -0.05) is 17.3 Å². The zero-order chi connectivity index (χ0) is 15.4. The van der Waals surface area contributed by atoms with Crippen LogP contribution in [-0.4, -0.2) is 22.7 Å². The minimum Gasteiger partial charge on any atom is -0.369 e. The SMILES string of the molecule is Cc1noc(C)c1C(=O)Nc1ccccc1SCC(N)=O. The van der Waals surface area contributed by atoms with Gasteiger partial charge in [0.1, 0.15) is 11.3 Å². The van der Waals surface area contributed by atoms with Crippen molar-refractivity contribution < 1.29 is 14.1 Å². The van der Waals surface area contributed by atoms with Gasteiger partial charge < -0.3 is 15.6 Å². The number of nitrogens with two attached hydrogens (primary N) is 1. The lowest BCUT2D eigenvalue weighted by atomic mass is 10.2. The van der Waals surface area contributed by atoms with Gasteiger partial charge in [-0.2, -0.15) is 0 Å². The van der Waals surface area contributed by atoms with E-state index in [0.717, 1.165) is 4.90 Å². The van der Waals surface area contributed by atoms with Crippen molar-refractivity contribution >= 4 is 29.3 Å². The minimum atomic E-state index is -0.410. The number of primary amides is 1. The number of nitrogens with zero attached hydrogens (tertiary/aromatic N) is 1. The molecule has 0 aliphatic rings. The van der Waals surface area contributed by atoms with Gasteiger partial charge in [-0.05, 0) is 26.0 Å². The van der Waals surface area contributed by atoms with Crippen LogP contribution in [0.15, 0.2) is 33.7 Å². The number of hydrogen-bond donors (Lipinski definition) is 2. The number of carbonyl (C=O) groups excluding carboxylic acids is 2. The van der Waals surface area contributed by atoms with E-state index in [1.54, 1.807) is 26.0 Å². The van der Waals surface area contributed by atoms with Crippen LogP contribution in [0.25, 0.3) is 0 Å². The fraction of sp³-hybridized carbons (Fsp3) is 0.214. The normalized spacial score (nSPS) is 10.4. The molecule has 0 atom stereocenters. The number of thioether (sulfide) groups is 1. The summed E-state index contributed by atoms with van der Waals surface area (Å²) in [7, 11) is 0. The van der Waals surface area contributed by atoms with Crippen LogP contribution in [-0.2, 0) is 4.79 Å². The minimum absolute atomic E-state index is 0.151. The maximum Gasteiger partial charge on any atom is 0.261 e. The molecule has 1 heterocycles. The molecule has 3 N–H and O–H groups in total. The average Bonchev–Trinajstić information content (AvgIpc) is 2.77. The summed E-state index contributed by atoms with van der Waals surface area (Å²) in [6.07, 6.45) is 0. The highest BCUT2D eigenvalue weighted by molar-refractivity contribution is 8.00. The number of carbonyl (C=O) groups is 2. The Balaban J connectivity index is 2.20. The average molecular weight is 305 g/mol.